The Morgan fingerprint density at radius 1 is 0.819 bits per heavy atom. The Hall–Kier alpha value is -5.72. The van der Waals surface area contributed by atoms with E-state index in [1.54, 1.807) is 23.2 Å². The molecule has 1 aliphatic carbocycles. The number of hydrogen-bond donors (Lipinski definition) is 3. The number of benzene rings is 3. The highest BCUT2D eigenvalue weighted by Crippen LogP contribution is 2.51. The molecule has 7 fully saturated rings. The number of carbonyl (C=O) groups excluding carboxylic acids is 2. The van der Waals surface area contributed by atoms with E-state index in [4.69, 9.17) is 14.7 Å². The van der Waals surface area contributed by atoms with Crippen LogP contribution in [0.25, 0.3) is 32.9 Å². The summed E-state index contributed by atoms with van der Waals surface area (Å²) in [5.41, 5.74) is -0.605. The lowest BCUT2D eigenvalue weighted by Gasteiger charge is -2.55. The third-order valence-corrected chi connectivity index (χ3v) is 17.2. The number of carbonyl (C=O) groups is 2. The van der Waals surface area contributed by atoms with Gasteiger partial charge in [0.1, 0.15) is 45.9 Å². The van der Waals surface area contributed by atoms with E-state index >= 15 is 22.0 Å². The van der Waals surface area contributed by atoms with E-state index in [-0.39, 0.29) is 82.7 Å². The number of amides is 2. The number of phenolic OH excluding ortho intramolecular Hbond substituents is 1. The number of phenols is 1. The van der Waals surface area contributed by atoms with Gasteiger partial charge >= 0.3 is 6.01 Å². The summed E-state index contributed by atoms with van der Waals surface area (Å²) in [4.78, 5) is 46.9. The number of nitrogens with zero attached hydrogens (tertiary/aromatic N) is 7. The summed E-state index contributed by atoms with van der Waals surface area (Å²) in [5.74, 6) is -4.51. The zero-order valence-electron chi connectivity index (χ0n) is 40.5. The van der Waals surface area contributed by atoms with Crippen LogP contribution in [-0.4, -0.2) is 131 Å². The summed E-state index contributed by atoms with van der Waals surface area (Å²) in [5, 5.41) is 18.1. The van der Waals surface area contributed by atoms with Crippen molar-refractivity contribution in [2.45, 2.75) is 101 Å². The molecule has 5 aromatic rings. The number of anilines is 2. The highest BCUT2D eigenvalue weighted by molar-refractivity contribution is 6.02. The molecule has 2 bridgehead atoms. The van der Waals surface area contributed by atoms with E-state index in [2.05, 4.69) is 30.3 Å². The monoisotopic (exact) mass is 993 g/mol. The maximum Gasteiger partial charge on any atom is 0.319 e. The summed E-state index contributed by atoms with van der Waals surface area (Å²) < 4.78 is 85.8. The van der Waals surface area contributed by atoms with Crippen LogP contribution in [0.1, 0.15) is 88.2 Å². The van der Waals surface area contributed by atoms with E-state index in [0.717, 1.165) is 71.2 Å². The number of fused-ring (bicyclic) bond motifs is 4. The van der Waals surface area contributed by atoms with Crippen molar-refractivity contribution in [3.05, 3.63) is 77.0 Å². The Bertz CT molecular complexity index is 2950. The third kappa shape index (κ3) is 8.77. The number of piperidine rings is 3. The summed E-state index contributed by atoms with van der Waals surface area (Å²) in [7, 11) is 0. The van der Waals surface area contributed by atoms with Gasteiger partial charge in [-0.25, -0.2) is 22.0 Å². The van der Waals surface area contributed by atoms with E-state index in [1.807, 2.05) is 6.92 Å². The molecule has 12 rings (SSSR count). The van der Waals surface area contributed by atoms with Crippen molar-refractivity contribution in [3.8, 4) is 23.0 Å². The van der Waals surface area contributed by atoms with Crippen molar-refractivity contribution in [1.82, 2.24) is 35.4 Å². The molecule has 3 aromatic carbocycles. The topological polar surface area (TPSA) is 139 Å². The molecule has 1 spiro atoms. The Morgan fingerprint density at radius 2 is 1.54 bits per heavy atom. The highest BCUT2D eigenvalue weighted by atomic mass is 19.2. The van der Waals surface area contributed by atoms with Gasteiger partial charge in [0.15, 0.2) is 5.82 Å². The standard InChI is InChI=1S/C54H60F5N9O4/c1-2-36-40(55)7-3-31-19-35(69)22-38(44(31)36)47-46(58)48-39(23-60-47)49(68-24-32-4-5-33(25-68)61-32)64-51(63-48)72-30-53(9-10-53)28-66-26-52(27-66)11-15-65(16-12-52)29-54(59)13-17-67(18-14-54)34-20-41(56)45(42(57)21-34)37-6-8-43(70)62-50(37)71/h3,7,19-23,32-33,37,61,69H,2,4-6,8-18,24-30H2,1H3,(H,62,70,71). The number of aryl methyl sites for hydroxylation is 1. The number of aromatic nitrogens is 3. The first-order valence-corrected chi connectivity index (χ1v) is 25.8. The molecule has 3 atom stereocenters. The number of likely N-dealkylation sites (tertiary alicyclic amines) is 2. The first-order valence-electron chi connectivity index (χ1n) is 25.8. The number of rotatable bonds is 12. The Kier molecular flexibility index (Phi) is 11.8. The SMILES string of the molecule is CCc1c(F)ccc2cc(O)cc(-c3ncc4c(N5CC6CCC(C5)N6)nc(OCC5(CN6CC7(CCN(CC8(F)CCN(c9cc(F)c(C%10CCC(=O)NC%10=O)c(F)c9)CC8)CC7)C6)CC5)nc4c3F)c12. The van der Waals surface area contributed by atoms with Crippen molar-refractivity contribution in [1.29, 1.82) is 0 Å². The van der Waals surface area contributed by atoms with E-state index < -0.39 is 46.7 Å². The van der Waals surface area contributed by atoms with Crippen molar-refractivity contribution in [2.24, 2.45) is 10.8 Å². The van der Waals surface area contributed by atoms with Gasteiger partial charge in [0.05, 0.1) is 17.9 Å². The van der Waals surface area contributed by atoms with Crippen LogP contribution in [0.15, 0.2) is 42.6 Å². The molecule has 6 saturated heterocycles. The van der Waals surface area contributed by atoms with Crippen LogP contribution in [0, 0.1) is 34.1 Å². The van der Waals surface area contributed by atoms with Crippen LogP contribution >= 0.6 is 0 Å². The van der Waals surface area contributed by atoms with Gasteiger partial charge in [-0.3, -0.25) is 19.9 Å². The van der Waals surface area contributed by atoms with Crippen LogP contribution in [-0.2, 0) is 16.0 Å². The summed E-state index contributed by atoms with van der Waals surface area (Å²) in [6.07, 6.45) is 8.51. The lowest BCUT2D eigenvalue weighted by Crippen LogP contribution is -2.62. The Morgan fingerprint density at radius 3 is 2.22 bits per heavy atom. The fraction of sp³-hybridized carbons (Fsp3) is 0.537. The first kappa shape index (κ1) is 47.3. The molecule has 380 valence electrons. The lowest BCUT2D eigenvalue weighted by molar-refractivity contribution is -0.134. The molecule has 1 saturated carbocycles. The zero-order valence-corrected chi connectivity index (χ0v) is 40.5. The number of ether oxygens (including phenoxy) is 1. The van der Waals surface area contributed by atoms with E-state index in [1.165, 1.54) is 24.3 Å². The van der Waals surface area contributed by atoms with Gasteiger partial charge in [-0.2, -0.15) is 9.97 Å². The molecule has 72 heavy (non-hydrogen) atoms. The average Bonchev–Trinajstić information content (AvgIpc) is 4.03. The number of imide groups is 1. The number of nitrogens with one attached hydrogen (secondary N) is 2. The van der Waals surface area contributed by atoms with E-state index in [0.29, 0.717) is 79.0 Å². The molecular formula is C54H60F5N9O4. The van der Waals surface area contributed by atoms with Crippen LogP contribution in [0.3, 0.4) is 0 Å². The fourth-order valence-electron chi connectivity index (χ4n) is 13.0. The van der Waals surface area contributed by atoms with Crippen molar-refractivity contribution in [3.63, 3.8) is 0 Å². The van der Waals surface area contributed by atoms with Gasteiger partial charge in [0.25, 0.3) is 0 Å². The van der Waals surface area contributed by atoms with Crippen LogP contribution in [0.4, 0.5) is 33.5 Å². The Labute approximate surface area is 414 Å². The number of alkyl halides is 1. The molecular weight excluding hydrogens is 934 g/mol. The summed E-state index contributed by atoms with van der Waals surface area (Å²) >= 11 is 0. The molecule has 6 aliphatic heterocycles. The lowest BCUT2D eigenvalue weighted by atomic mass is 9.71. The smallest absolute Gasteiger partial charge is 0.319 e. The highest BCUT2D eigenvalue weighted by Gasteiger charge is 2.52. The quantitative estimate of drug-likeness (QED) is 0.0835. The van der Waals surface area contributed by atoms with Gasteiger partial charge in [0, 0.05) is 112 Å². The second-order valence-corrected chi connectivity index (χ2v) is 22.2. The number of aromatic hydroxyl groups is 1. The predicted octanol–water partition coefficient (Wildman–Crippen LogP) is 7.70. The maximum absolute atomic E-state index is 17.2. The van der Waals surface area contributed by atoms with Crippen LogP contribution in [0.5, 0.6) is 11.8 Å². The Balaban J connectivity index is 0.679. The minimum Gasteiger partial charge on any atom is -0.508 e. The van der Waals surface area contributed by atoms with Crippen molar-refractivity contribution in [2.75, 3.05) is 81.9 Å². The molecule has 3 N–H and O–H groups in total. The zero-order chi connectivity index (χ0) is 49.7. The third-order valence-electron chi connectivity index (χ3n) is 17.2. The van der Waals surface area contributed by atoms with Crippen LogP contribution in [0.2, 0.25) is 0 Å². The van der Waals surface area contributed by atoms with Crippen molar-refractivity contribution < 1.29 is 41.4 Å². The molecule has 0 radical (unpaired) electrons. The van der Waals surface area contributed by atoms with Gasteiger partial charge < -0.3 is 34.8 Å². The number of halogens is 5. The summed E-state index contributed by atoms with van der Waals surface area (Å²) in [6.45, 7) is 8.96. The second kappa shape index (κ2) is 18.0. The largest absolute Gasteiger partial charge is 0.508 e. The molecule has 2 amide bonds. The molecule has 7 aliphatic rings. The first-order chi connectivity index (χ1) is 34.7. The maximum atomic E-state index is 17.2. The molecule has 8 heterocycles. The molecule has 13 nitrogen and oxygen atoms in total. The van der Waals surface area contributed by atoms with Gasteiger partial charge in [-0.1, -0.05) is 13.0 Å². The molecule has 2 aromatic heterocycles. The van der Waals surface area contributed by atoms with Crippen molar-refractivity contribution >= 4 is 45.0 Å². The van der Waals surface area contributed by atoms with E-state index in [9.17, 15) is 14.7 Å². The average molecular weight is 994 g/mol. The van der Waals surface area contributed by atoms with Gasteiger partial charge in [0.2, 0.25) is 11.8 Å². The minimum absolute atomic E-state index is 0.0157. The normalized spacial score (nSPS) is 24.8. The number of pyridine rings is 1. The summed E-state index contributed by atoms with van der Waals surface area (Å²) in [6, 6.07) is 9.04. The second-order valence-electron chi connectivity index (χ2n) is 22.2. The molecule has 3 unspecified atom stereocenters. The minimum atomic E-state index is -1.42. The molecule has 18 heteroatoms. The van der Waals surface area contributed by atoms with Gasteiger partial charge in [-0.05, 0) is 117 Å². The number of piperazine rings is 1. The van der Waals surface area contributed by atoms with Crippen LogP contribution < -0.4 is 25.2 Å². The predicted molar refractivity (Wildman–Crippen MR) is 262 cm³/mol. The number of hydrogen-bond acceptors (Lipinski definition) is 12. The fourth-order valence-corrected chi connectivity index (χ4v) is 13.0. The van der Waals surface area contributed by atoms with Gasteiger partial charge in [-0.15, -0.1) is 0 Å².